The normalized spacial score (nSPS) is 12.5. The largest absolute Gasteiger partial charge is 0.456 e. The van der Waals surface area contributed by atoms with Crippen molar-refractivity contribution in [1.29, 1.82) is 0 Å². The van der Waals surface area contributed by atoms with Crippen molar-refractivity contribution < 1.29 is 4.74 Å². The van der Waals surface area contributed by atoms with E-state index in [1.54, 1.807) is 0 Å². The summed E-state index contributed by atoms with van der Waals surface area (Å²) in [5.74, 6) is 5.48. The molecule has 3 rings (SSSR count). The second-order valence-electron chi connectivity index (χ2n) is 5.44. The van der Waals surface area contributed by atoms with Crippen molar-refractivity contribution in [2.75, 3.05) is 25.9 Å². The van der Waals surface area contributed by atoms with Crippen LogP contribution in [0.2, 0.25) is 0 Å². The molecule has 0 atom stereocenters. The van der Waals surface area contributed by atoms with Crippen molar-refractivity contribution in [1.82, 2.24) is 4.90 Å². The standard InChI is InChI=1S/C20H19NOS/c1-3-12-21(2)13-14-23-20-15-16-8-4-6-10-18(16)22-19-11-7-5-9-17(19)20/h1,4-11,15H,12-14H2,2H3. The Morgan fingerprint density at radius 3 is 2.65 bits per heavy atom. The van der Waals surface area contributed by atoms with E-state index in [1.165, 1.54) is 4.91 Å². The summed E-state index contributed by atoms with van der Waals surface area (Å²) in [7, 11) is 2.05. The molecule has 0 amide bonds. The van der Waals surface area contributed by atoms with Crippen LogP contribution in [-0.4, -0.2) is 30.8 Å². The summed E-state index contributed by atoms with van der Waals surface area (Å²) in [6, 6.07) is 16.3. The van der Waals surface area contributed by atoms with E-state index in [9.17, 15) is 0 Å². The zero-order valence-electron chi connectivity index (χ0n) is 13.2. The van der Waals surface area contributed by atoms with Crippen LogP contribution >= 0.6 is 11.8 Å². The van der Waals surface area contributed by atoms with Gasteiger partial charge in [-0.3, -0.25) is 4.90 Å². The summed E-state index contributed by atoms with van der Waals surface area (Å²) in [5, 5.41) is 0. The molecule has 116 valence electrons. The van der Waals surface area contributed by atoms with E-state index in [4.69, 9.17) is 11.2 Å². The van der Waals surface area contributed by atoms with Crippen LogP contribution in [-0.2, 0) is 0 Å². The molecule has 0 aromatic heterocycles. The molecule has 1 aliphatic heterocycles. The first kappa shape index (κ1) is 15.7. The Hall–Kier alpha value is -2.15. The van der Waals surface area contributed by atoms with Crippen LogP contribution in [0.4, 0.5) is 0 Å². The lowest BCUT2D eigenvalue weighted by Crippen LogP contribution is -2.21. The third-order valence-electron chi connectivity index (χ3n) is 3.67. The lowest BCUT2D eigenvalue weighted by atomic mass is 10.1. The van der Waals surface area contributed by atoms with Crippen molar-refractivity contribution in [3.63, 3.8) is 0 Å². The van der Waals surface area contributed by atoms with Crippen molar-refractivity contribution >= 4 is 22.7 Å². The highest BCUT2D eigenvalue weighted by Crippen LogP contribution is 2.42. The van der Waals surface area contributed by atoms with Gasteiger partial charge >= 0.3 is 0 Å². The highest BCUT2D eigenvalue weighted by Gasteiger charge is 2.16. The molecule has 3 heteroatoms. The Labute approximate surface area is 142 Å². The van der Waals surface area contributed by atoms with Crippen LogP contribution in [0.1, 0.15) is 11.1 Å². The minimum absolute atomic E-state index is 0.683. The molecule has 0 fully saturated rings. The van der Waals surface area contributed by atoms with E-state index >= 15 is 0 Å². The molecule has 0 aliphatic carbocycles. The van der Waals surface area contributed by atoms with Crippen LogP contribution < -0.4 is 4.74 Å². The first-order valence-corrected chi connectivity index (χ1v) is 8.59. The lowest BCUT2D eigenvalue weighted by molar-refractivity contribution is 0.402. The number of benzene rings is 2. The third kappa shape index (κ3) is 3.79. The highest BCUT2D eigenvalue weighted by molar-refractivity contribution is 8.08. The minimum atomic E-state index is 0.683. The van der Waals surface area contributed by atoms with Gasteiger partial charge in [-0.1, -0.05) is 42.3 Å². The van der Waals surface area contributed by atoms with Gasteiger partial charge in [-0.05, 0) is 25.3 Å². The number of nitrogens with zero attached hydrogens (tertiary/aromatic N) is 1. The fourth-order valence-electron chi connectivity index (χ4n) is 2.46. The van der Waals surface area contributed by atoms with Crippen LogP contribution in [0.3, 0.4) is 0 Å². The van der Waals surface area contributed by atoms with E-state index in [2.05, 4.69) is 35.1 Å². The second-order valence-corrected chi connectivity index (χ2v) is 6.57. The van der Waals surface area contributed by atoms with E-state index in [-0.39, 0.29) is 0 Å². The van der Waals surface area contributed by atoms with Gasteiger partial charge in [-0.25, -0.2) is 0 Å². The zero-order chi connectivity index (χ0) is 16.1. The molecule has 1 aliphatic rings. The number of hydrogen-bond acceptors (Lipinski definition) is 3. The van der Waals surface area contributed by atoms with Crippen molar-refractivity contribution in [2.24, 2.45) is 0 Å². The molecule has 2 aromatic rings. The average molecular weight is 321 g/mol. The minimum Gasteiger partial charge on any atom is -0.456 e. The zero-order valence-corrected chi connectivity index (χ0v) is 14.0. The van der Waals surface area contributed by atoms with Gasteiger partial charge < -0.3 is 4.74 Å². The van der Waals surface area contributed by atoms with Gasteiger partial charge in [0.1, 0.15) is 11.5 Å². The molecule has 2 nitrogen and oxygen atoms in total. The number of rotatable bonds is 5. The number of terminal acetylenes is 1. The first-order valence-electron chi connectivity index (χ1n) is 7.60. The van der Waals surface area contributed by atoms with Crippen molar-refractivity contribution in [3.8, 4) is 23.8 Å². The molecule has 0 N–H and O–H groups in total. The maximum Gasteiger partial charge on any atom is 0.135 e. The Kier molecular flexibility index (Phi) is 5.07. The average Bonchev–Trinajstić information content (AvgIpc) is 2.72. The number of thioether (sulfide) groups is 1. The topological polar surface area (TPSA) is 12.5 Å². The Balaban J connectivity index is 1.85. The number of fused-ring (bicyclic) bond motifs is 2. The van der Waals surface area contributed by atoms with Gasteiger partial charge in [0, 0.05) is 28.3 Å². The van der Waals surface area contributed by atoms with Gasteiger partial charge in [0.25, 0.3) is 0 Å². The maximum absolute atomic E-state index is 6.10. The third-order valence-corrected chi connectivity index (χ3v) is 4.71. The summed E-state index contributed by atoms with van der Waals surface area (Å²) in [6.07, 6.45) is 7.57. The van der Waals surface area contributed by atoms with Crippen molar-refractivity contribution in [3.05, 3.63) is 59.7 Å². The summed E-state index contributed by atoms with van der Waals surface area (Å²) in [4.78, 5) is 3.39. The summed E-state index contributed by atoms with van der Waals surface area (Å²) >= 11 is 1.84. The Morgan fingerprint density at radius 2 is 1.83 bits per heavy atom. The van der Waals surface area contributed by atoms with Crippen LogP contribution in [0.5, 0.6) is 11.5 Å². The fraction of sp³-hybridized carbons (Fsp3) is 0.200. The van der Waals surface area contributed by atoms with E-state index < -0.39 is 0 Å². The summed E-state index contributed by atoms with van der Waals surface area (Å²) in [5.41, 5.74) is 2.26. The fourth-order valence-corrected chi connectivity index (χ4v) is 3.61. The molecule has 0 saturated heterocycles. The Morgan fingerprint density at radius 1 is 1.09 bits per heavy atom. The van der Waals surface area contributed by atoms with E-state index in [0.29, 0.717) is 6.54 Å². The van der Waals surface area contributed by atoms with Crippen LogP contribution in [0.25, 0.3) is 11.0 Å². The lowest BCUT2D eigenvalue weighted by Gasteiger charge is -2.14. The van der Waals surface area contributed by atoms with Gasteiger partial charge in [0.2, 0.25) is 0 Å². The quantitative estimate of drug-likeness (QED) is 0.748. The second kappa shape index (κ2) is 7.41. The number of ether oxygens (including phenoxy) is 1. The summed E-state index contributed by atoms with van der Waals surface area (Å²) in [6.45, 7) is 1.64. The van der Waals surface area contributed by atoms with Crippen molar-refractivity contribution in [2.45, 2.75) is 0 Å². The Bertz CT molecular complexity index is 760. The van der Waals surface area contributed by atoms with Gasteiger partial charge in [-0.15, -0.1) is 18.2 Å². The monoisotopic (exact) mass is 321 g/mol. The summed E-state index contributed by atoms with van der Waals surface area (Å²) < 4.78 is 6.10. The highest BCUT2D eigenvalue weighted by atomic mass is 32.2. The first-order chi connectivity index (χ1) is 11.3. The van der Waals surface area contributed by atoms with Crippen LogP contribution in [0.15, 0.2) is 48.5 Å². The predicted octanol–water partition coefficient (Wildman–Crippen LogP) is 4.59. The molecule has 0 unspecified atom stereocenters. The van der Waals surface area contributed by atoms with Gasteiger partial charge in [-0.2, -0.15) is 0 Å². The van der Waals surface area contributed by atoms with Gasteiger partial charge in [0.15, 0.2) is 0 Å². The molecule has 0 spiro atoms. The number of para-hydroxylation sites is 2. The van der Waals surface area contributed by atoms with E-state index in [0.717, 1.165) is 34.9 Å². The van der Waals surface area contributed by atoms with E-state index in [1.807, 2.05) is 49.1 Å². The smallest absolute Gasteiger partial charge is 0.135 e. The molecule has 0 bridgehead atoms. The predicted molar refractivity (Wildman–Crippen MR) is 99.6 cm³/mol. The molecule has 0 radical (unpaired) electrons. The van der Waals surface area contributed by atoms with Crippen LogP contribution in [0, 0.1) is 12.3 Å². The molecule has 1 heterocycles. The SMILES string of the molecule is C#CCN(C)CCSC1=Cc2ccccc2Oc2ccccc21. The maximum atomic E-state index is 6.10. The molecule has 2 aromatic carbocycles. The van der Waals surface area contributed by atoms with Gasteiger partial charge in [0.05, 0.1) is 6.54 Å². The molecule has 23 heavy (non-hydrogen) atoms. The molecular formula is C20H19NOS. The number of hydrogen-bond donors (Lipinski definition) is 0. The molecular weight excluding hydrogens is 302 g/mol. The molecule has 0 saturated carbocycles.